The van der Waals surface area contributed by atoms with Crippen molar-refractivity contribution >= 4 is 6.29 Å². The van der Waals surface area contributed by atoms with Gasteiger partial charge in [-0.2, -0.15) is 0 Å². The van der Waals surface area contributed by atoms with E-state index in [0.717, 1.165) is 32.0 Å². The van der Waals surface area contributed by atoms with Crippen LogP contribution in [0, 0.1) is 11.8 Å². The zero-order valence-corrected chi connectivity index (χ0v) is 11.2. The lowest BCUT2D eigenvalue weighted by molar-refractivity contribution is -0.107. The molecule has 0 aromatic carbocycles. The van der Waals surface area contributed by atoms with E-state index in [4.69, 9.17) is 0 Å². The minimum absolute atomic E-state index is 0.737. The highest BCUT2D eigenvalue weighted by atomic mass is 16.1. The van der Waals surface area contributed by atoms with Gasteiger partial charge in [0.25, 0.3) is 0 Å². The smallest absolute Gasteiger partial charge is 0.119 e. The van der Waals surface area contributed by atoms with Crippen molar-refractivity contribution in [1.29, 1.82) is 0 Å². The summed E-state index contributed by atoms with van der Waals surface area (Å²) in [5.41, 5.74) is 0. The minimum atomic E-state index is 0.737. The Morgan fingerprint density at radius 2 is 1.59 bits per heavy atom. The van der Waals surface area contributed by atoms with Crippen molar-refractivity contribution in [1.82, 2.24) is 0 Å². The Kier molecular flexibility index (Phi) is 14.1. The molecule has 0 aromatic rings. The molecule has 0 unspecified atom stereocenters. The van der Waals surface area contributed by atoms with Crippen LogP contribution in [0.5, 0.6) is 0 Å². The maximum atomic E-state index is 10.1. The summed E-state index contributed by atoms with van der Waals surface area (Å²) >= 11 is 0. The van der Waals surface area contributed by atoms with Crippen LogP contribution in [-0.2, 0) is 4.79 Å². The van der Waals surface area contributed by atoms with Crippen LogP contribution in [0.1, 0.15) is 71.1 Å². The Labute approximate surface area is 107 Å². The second-order valence-corrected chi connectivity index (χ2v) is 4.31. The molecule has 17 heavy (non-hydrogen) atoms. The van der Waals surface area contributed by atoms with E-state index >= 15 is 0 Å². The van der Waals surface area contributed by atoms with Gasteiger partial charge in [-0.05, 0) is 25.3 Å². The zero-order valence-electron chi connectivity index (χ0n) is 11.2. The molecule has 96 valence electrons. The predicted molar refractivity (Wildman–Crippen MR) is 74.8 cm³/mol. The number of carbonyl (C=O) groups is 1. The van der Waals surface area contributed by atoms with E-state index in [1.165, 1.54) is 38.5 Å². The molecule has 0 aromatic heterocycles. The summed E-state index contributed by atoms with van der Waals surface area (Å²) in [5.74, 6) is 6.21. The van der Waals surface area contributed by atoms with E-state index in [2.05, 4.69) is 24.8 Å². The van der Waals surface area contributed by atoms with Crippen molar-refractivity contribution in [2.24, 2.45) is 0 Å². The van der Waals surface area contributed by atoms with E-state index in [1.54, 1.807) is 0 Å². The molecular formula is C16H26O. The van der Waals surface area contributed by atoms with Crippen molar-refractivity contribution in [3.8, 4) is 11.8 Å². The molecular weight excluding hydrogens is 208 g/mol. The third-order valence-corrected chi connectivity index (χ3v) is 2.66. The molecule has 0 N–H and O–H groups in total. The molecule has 1 heteroatoms. The van der Waals surface area contributed by atoms with Gasteiger partial charge in [-0.1, -0.05) is 56.9 Å². The molecule has 0 saturated heterocycles. The van der Waals surface area contributed by atoms with Gasteiger partial charge in [-0.15, -0.1) is 0 Å². The molecule has 0 aliphatic heterocycles. The largest absolute Gasteiger partial charge is 0.303 e. The van der Waals surface area contributed by atoms with Gasteiger partial charge in [0.1, 0.15) is 6.29 Å². The molecule has 1 nitrogen and oxygen atoms in total. The van der Waals surface area contributed by atoms with Gasteiger partial charge >= 0.3 is 0 Å². The fourth-order valence-corrected chi connectivity index (χ4v) is 1.63. The summed E-state index contributed by atoms with van der Waals surface area (Å²) < 4.78 is 0. The first-order chi connectivity index (χ1) is 8.41. The number of aldehydes is 1. The highest BCUT2D eigenvalue weighted by molar-refractivity contribution is 5.48. The lowest BCUT2D eigenvalue weighted by Gasteiger charge is -1.98. The van der Waals surface area contributed by atoms with Crippen LogP contribution in [0.15, 0.2) is 12.2 Å². The average molecular weight is 234 g/mol. The van der Waals surface area contributed by atoms with E-state index in [9.17, 15) is 4.79 Å². The lowest BCUT2D eigenvalue weighted by Crippen LogP contribution is -1.81. The Morgan fingerprint density at radius 3 is 2.24 bits per heavy atom. The normalized spacial score (nSPS) is 10.2. The SMILES string of the molecule is CC/C=C\C#CCCCCCCCCCC=O. The molecule has 0 heterocycles. The number of allylic oxidation sites excluding steroid dienone is 2. The molecule has 0 aliphatic carbocycles. The van der Waals surface area contributed by atoms with Crippen molar-refractivity contribution in [2.75, 3.05) is 0 Å². The van der Waals surface area contributed by atoms with Gasteiger partial charge < -0.3 is 4.79 Å². The lowest BCUT2D eigenvalue weighted by atomic mass is 10.1. The number of hydrogen-bond acceptors (Lipinski definition) is 1. The summed E-state index contributed by atoms with van der Waals surface area (Å²) in [5, 5.41) is 0. The fraction of sp³-hybridized carbons (Fsp3) is 0.688. The highest BCUT2D eigenvalue weighted by Gasteiger charge is 1.90. The average Bonchev–Trinajstić information content (AvgIpc) is 2.35. The second-order valence-electron chi connectivity index (χ2n) is 4.31. The first-order valence-corrected chi connectivity index (χ1v) is 6.98. The highest BCUT2D eigenvalue weighted by Crippen LogP contribution is 2.08. The Morgan fingerprint density at radius 1 is 0.941 bits per heavy atom. The minimum Gasteiger partial charge on any atom is -0.303 e. The number of rotatable bonds is 10. The molecule has 0 fully saturated rings. The van der Waals surface area contributed by atoms with Crippen LogP contribution in [0.2, 0.25) is 0 Å². The summed E-state index contributed by atoms with van der Waals surface area (Å²) in [7, 11) is 0. The Bertz CT molecular complexity index is 242. The van der Waals surface area contributed by atoms with E-state index < -0.39 is 0 Å². The van der Waals surface area contributed by atoms with Gasteiger partial charge in [0.2, 0.25) is 0 Å². The fourth-order valence-electron chi connectivity index (χ4n) is 1.63. The second kappa shape index (κ2) is 15.0. The van der Waals surface area contributed by atoms with Gasteiger partial charge in [0.05, 0.1) is 0 Å². The molecule has 0 atom stereocenters. The molecule has 0 spiro atoms. The van der Waals surface area contributed by atoms with Crippen molar-refractivity contribution in [2.45, 2.75) is 71.1 Å². The number of unbranched alkanes of at least 4 members (excludes halogenated alkanes) is 8. The van der Waals surface area contributed by atoms with Crippen LogP contribution in [0.4, 0.5) is 0 Å². The van der Waals surface area contributed by atoms with Crippen molar-refractivity contribution in [3.63, 3.8) is 0 Å². The summed E-state index contributed by atoms with van der Waals surface area (Å²) in [4.78, 5) is 10.1. The molecule has 0 rings (SSSR count). The van der Waals surface area contributed by atoms with Crippen LogP contribution < -0.4 is 0 Å². The number of carbonyl (C=O) groups excluding carboxylic acids is 1. The maximum Gasteiger partial charge on any atom is 0.119 e. The van der Waals surface area contributed by atoms with E-state index in [-0.39, 0.29) is 0 Å². The van der Waals surface area contributed by atoms with E-state index in [1.807, 2.05) is 6.08 Å². The molecule has 0 bridgehead atoms. The first-order valence-electron chi connectivity index (χ1n) is 6.98. The zero-order chi connectivity index (χ0) is 12.6. The van der Waals surface area contributed by atoms with Crippen molar-refractivity contribution in [3.05, 3.63) is 12.2 Å². The summed E-state index contributed by atoms with van der Waals surface area (Å²) in [6, 6.07) is 0. The maximum absolute atomic E-state index is 10.1. The molecule has 0 saturated carbocycles. The van der Waals surface area contributed by atoms with E-state index in [0.29, 0.717) is 0 Å². The van der Waals surface area contributed by atoms with Crippen LogP contribution in [0.25, 0.3) is 0 Å². The van der Waals surface area contributed by atoms with Gasteiger partial charge in [0.15, 0.2) is 0 Å². The standard InChI is InChI=1S/C16H26O/c1-2-3-4-5-6-7-8-9-10-11-12-13-14-15-16-17/h3-4,16H,2,7-15H2,1H3/b4-3-. The molecule has 0 amide bonds. The van der Waals surface area contributed by atoms with Crippen LogP contribution >= 0.6 is 0 Å². The third kappa shape index (κ3) is 15.0. The number of hydrogen-bond donors (Lipinski definition) is 0. The van der Waals surface area contributed by atoms with Crippen molar-refractivity contribution < 1.29 is 4.79 Å². The topological polar surface area (TPSA) is 17.1 Å². The van der Waals surface area contributed by atoms with Gasteiger partial charge in [-0.3, -0.25) is 0 Å². The van der Waals surface area contributed by atoms with Crippen LogP contribution in [0.3, 0.4) is 0 Å². The predicted octanol–water partition coefficient (Wildman–Crippen LogP) is 4.67. The molecule has 0 aliphatic rings. The van der Waals surface area contributed by atoms with Gasteiger partial charge in [-0.25, -0.2) is 0 Å². The Hall–Kier alpha value is -1.03. The Balaban J connectivity index is 3.09. The quantitative estimate of drug-likeness (QED) is 0.305. The third-order valence-electron chi connectivity index (χ3n) is 2.66. The summed E-state index contributed by atoms with van der Waals surface area (Å²) in [6.07, 6.45) is 16.6. The molecule has 0 radical (unpaired) electrons. The first kappa shape index (κ1) is 16.0. The monoisotopic (exact) mass is 234 g/mol. The summed E-state index contributed by atoms with van der Waals surface area (Å²) in [6.45, 7) is 2.12. The van der Waals surface area contributed by atoms with Gasteiger partial charge in [0, 0.05) is 12.8 Å². The van der Waals surface area contributed by atoms with Crippen LogP contribution in [-0.4, -0.2) is 6.29 Å².